The fourth-order valence-corrected chi connectivity index (χ4v) is 2.73. The molecule has 0 heterocycles. The highest BCUT2D eigenvalue weighted by Crippen LogP contribution is 2.36. The Kier molecular flexibility index (Phi) is 7.05. The number of benzene rings is 2. The Hall–Kier alpha value is -3.41. The third kappa shape index (κ3) is 6.04. The van der Waals surface area contributed by atoms with Gasteiger partial charge < -0.3 is 0 Å². The molecule has 0 amide bonds. The maximum atomic E-state index is 13.0. The minimum absolute atomic E-state index is 0.0840. The van der Waals surface area contributed by atoms with Crippen LogP contribution in [-0.4, -0.2) is 7.05 Å². The van der Waals surface area contributed by atoms with Gasteiger partial charge in [-0.25, -0.2) is 0 Å². The molecule has 0 aromatic heterocycles. The lowest BCUT2D eigenvalue weighted by Crippen LogP contribution is -2.11. The van der Waals surface area contributed by atoms with Crippen LogP contribution in [0.3, 0.4) is 0 Å². The Labute approximate surface area is 175 Å². The highest BCUT2D eigenvalue weighted by molar-refractivity contribution is 5.76. The van der Waals surface area contributed by atoms with E-state index in [4.69, 9.17) is 5.26 Å². The van der Waals surface area contributed by atoms with Crippen LogP contribution in [0.25, 0.3) is 17.8 Å². The molecule has 3 nitrogen and oxygen atoms in total. The summed E-state index contributed by atoms with van der Waals surface area (Å²) in [4.78, 5) is 0. The van der Waals surface area contributed by atoms with E-state index in [2.05, 4.69) is 10.2 Å². The molecular formula is C22H17F6N3. The summed E-state index contributed by atoms with van der Waals surface area (Å²) in [5, 5.41) is 16.8. The lowest BCUT2D eigenvalue weighted by Gasteiger charge is -2.13. The zero-order valence-electron chi connectivity index (χ0n) is 16.7. The lowest BCUT2D eigenvalue weighted by molar-refractivity contribution is -0.143. The van der Waals surface area contributed by atoms with Crippen LogP contribution >= 0.6 is 0 Å². The molecule has 162 valence electrons. The topological polar surface area (TPSA) is 48.5 Å². The fourth-order valence-electron chi connectivity index (χ4n) is 2.73. The molecule has 0 aliphatic rings. The van der Waals surface area contributed by atoms with Crippen molar-refractivity contribution in [2.24, 2.45) is 10.2 Å². The average molecular weight is 437 g/mol. The Morgan fingerprint density at radius 3 is 2.00 bits per heavy atom. The van der Waals surface area contributed by atoms with Crippen molar-refractivity contribution >= 4 is 17.8 Å². The monoisotopic (exact) mass is 437 g/mol. The van der Waals surface area contributed by atoms with Crippen molar-refractivity contribution in [2.75, 3.05) is 7.05 Å². The van der Waals surface area contributed by atoms with Crippen molar-refractivity contribution < 1.29 is 26.3 Å². The summed E-state index contributed by atoms with van der Waals surface area (Å²) in [5.41, 5.74) is -0.589. The van der Waals surface area contributed by atoms with Crippen LogP contribution in [0, 0.1) is 18.3 Å². The molecule has 9 heteroatoms. The quantitative estimate of drug-likeness (QED) is 0.211. The summed E-state index contributed by atoms with van der Waals surface area (Å²) in [5.74, 6) is 0. The number of allylic oxidation sites excluding steroid dienone is 1. The second kappa shape index (κ2) is 9.16. The molecule has 2 aromatic rings. The first-order valence-electron chi connectivity index (χ1n) is 8.86. The number of nitriles is 1. The second-order valence-corrected chi connectivity index (χ2v) is 6.63. The summed E-state index contributed by atoms with van der Waals surface area (Å²) in [6, 6.07) is 8.41. The molecule has 0 radical (unpaired) electrons. The van der Waals surface area contributed by atoms with Crippen LogP contribution in [0.1, 0.15) is 40.3 Å². The predicted molar refractivity (Wildman–Crippen MR) is 106 cm³/mol. The molecule has 0 saturated heterocycles. The molecule has 0 aliphatic carbocycles. The van der Waals surface area contributed by atoms with Gasteiger partial charge in [0.05, 0.1) is 22.8 Å². The van der Waals surface area contributed by atoms with Gasteiger partial charge >= 0.3 is 12.4 Å². The molecule has 0 bridgehead atoms. The van der Waals surface area contributed by atoms with Gasteiger partial charge in [-0.15, -0.1) is 0 Å². The van der Waals surface area contributed by atoms with Crippen molar-refractivity contribution in [1.82, 2.24) is 0 Å². The van der Waals surface area contributed by atoms with E-state index in [1.165, 1.54) is 19.2 Å². The van der Waals surface area contributed by atoms with Crippen LogP contribution < -0.4 is 0 Å². The number of azo groups is 1. The second-order valence-electron chi connectivity index (χ2n) is 6.63. The van der Waals surface area contributed by atoms with Gasteiger partial charge in [-0.3, -0.25) is 0 Å². The summed E-state index contributed by atoms with van der Waals surface area (Å²) in [7, 11) is 1.44. The summed E-state index contributed by atoms with van der Waals surface area (Å²) in [6.45, 7) is 3.29. The molecule has 0 spiro atoms. The highest BCUT2D eigenvalue weighted by atomic mass is 19.4. The van der Waals surface area contributed by atoms with E-state index in [9.17, 15) is 26.3 Å². The van der Waals surface area contributed by atoms with Crippen LogP contribution in [0.4, 0.5) is 26.3 Å². The zero-order chi connectivity index (χ0) is 23.4. The first-order valence-corrected chi connectivity index (χ1v) is 8.86. The molecule has 0 saturated carbocycles. The lowest BCUT2D eigenvalue weighted by atomic mass is 9.99. The molecule has 0 unspecified atom stereocenters. The van der Waals surface area contributed by atoms with Gasteiger partial charge in [0, 0.05) is 12.6 Å². The predicted octanol–water partition coefficient (Wildman–Crippen LogP) is 7.54. The number of halogens is 6. The van der Waals surface area contributed by atoms with E-state index < -0.39 is 23.5 Å². The Balaban J connectivity index is 2.57. The summed E-state index contributed by atoms with van der Waals surface area (Å²) >= 11 is 0. The minimum Gasteiger partial charge on any atom is -0.193 e. The molecule has 0 N–H and O–H groups in total. The van der Waals surface area contributed by atoms with Crippen molar-refractivity contribution in [2.45, 2.75) is 26.2 Å². The molecule has 0 aliphatic heterocycles. The van der Waals surface area contributed by atoms with Gasteiger partial charge in [0.2, 0.25) is 0 Å². The molecule has 31 heavy (non-hydrogen) atoms. The molecule has 2 aromatic carbocycles. The number of alkyl halides is 6. The first-order chi connectivity index (χ1) is 14.4. The first kappa shape index (κ1) is 23.9. The van der Waals surface area contributed by atoms with Crippen molar-refractivity contribution in [1.29, 1.82) is 5.26 Å². The van der Waals surface area contributed by atoms with Gasteiger partial charge in [-0.05, 0) is 54.8 Å². The van der Waals surface area contributed by atoms with Crippen molar-refractivity contribution in [3.8, 4) is 6.07 Å². The third-order valence-corrected chi connectivity index (χ3v) is 4.34. The van der Waals surface area contributed by atoms with Crippen LogP contribution in [0.2, 0.25) is 0 Å². The smallest absolute Gasteiger partial charge is 0.193 e. The molecule has 2 rings (SSSR count). The Morgan fingerprint density at radius 1 is 0.935 bits per heavy atom. The van der Waals surface area contributed by atoms with Crippen LogP contribution in [0.5, 0.6) is 0 Å². The summed E-state index contributed by atoms with van der Waals surface area (Å²) < 4.78 is 78.3. The number of nitrogens with zero attached hydrogens (tertiary/aromatic N) is 3. The van der Waals surface area contributed by atoms with Gasteiger partial charge in [0.25, 0.3) is 0 Å². The summed E-state index contributed by atoms with van der Waals surface area (Å²) in [6.07, 6.45) is -7.24. The largest absolute Gasteiger partial charge is 0.416 e. The number of hydrogen-bond acceptors (Lipinski definition) is 3. The Bertz CT molecular complexity index is 1070. The Morgan fingerprint density at radius 2 is 1.52 bits per heavy atom. The van der Waals surface area contributed by atoms with E-state index in [1.807, 2.05) is 6.07 Å². The van der Waals surface area contributed by atoms with Crippen LogP contribution in [-0.2, 0) is 12.4 Å². The van der Waals surface area contributed by atoms with E-state index in [0.29, 0.717) is 34.5 Å². The van der Waals surface area contributed by atoms with Crippen LogP contribution in [0.15, 0.2) is 52.2 Å². The van der Waals surface area contributed by atoms with E-state index in [-0.39, 0.29) is 11.6 Å². The van der Waals surface area contributed by atoms with Gasteiger partial charge in [0.15, 0.2) is 0 Å². The number of aryl methyl sites for hydroxylation is 1. The van der Waals surface area contributed by atoms with E-state index in [1.54, 1.807) is 32.0 Å². The average Bonchev–Trinajstić information content (AvgIpc) is 2.69. The normalized spacial score (nSPS) is 13.5. The third-order valence-electron chi connectivity index (χ3n) is 4.34. The molecular weight excluding hydrogens is 420 g/mol. The van der Waals surface area contributed by atoms with E-state index >= 15 is 0 Å². The highest BCUT2D eigenvalue weighted by Gasteiger charge is 2.36. The number of rotatable bonds is 4. The van der Waals surface area contributed by atoms with Gasteiger partial charge in [0.1, 0.15) is 5.70 Å². The SMILES string of the molecule is CN=N/C(=C(\C)C#N)c1ccc(C)c(/C=C/c2cc(C(F)(F)F)cc(C(F)(F)F)c2)c1. The maximum absolute atomic E-state index is 13.0. The maximum Gasteiger partial charge on any atom is 0.416 e. The fraction of sp³-hybridized carbons (Fsp3) is 0.227. The standard InChI is InChI=1S/C22H17F6N3/c1-13-4-6-17(20(31-30-3)14(2)12-29)10-16(13)7-5-15-8-18(21(23,24)25)11-19(9-15)22(26,27)28/h4-11H,1-3H3/b7-5+,20-14+,31-30?. The molecule has 0 atom stereocenters. The van der Waals surface area contributed by atoms with Gasteiger partial charge in [-0.2, -0.15) is 41.8 Å². The van der Waals surface area contributed by atoms with E-state index in [0.717, 1.165) is 5.56 Å². The zero-order valence-corrected chi connectivity index (χ0v) is 16.7. The van der Waals surface area contributed by atoms with Gasteiger partial charge in [-0.1, -0.05) is 24.3 Å². The van der Waals surface area contributed by atoms with Crippen molar-refractivity contribution in [3.63, 3.8) is 0 Å². The minimum atomic E-state index is -4.92. The molecule has 0 fully saturated rings. The number of hydrogen-bond donors (Lipinski definition) is 0. The van der Waals surface area contributed by atoms with Crippen molar-refractivity contribution in [3.05, 3.63) is 75.4 Å².